The van der Waals surface area contributed by atoms with E-state index in [-0.39, 0.29) is 0 Å². The van der Waals surface area contributed by atoms with Gasteiger partial charge in [-0.15, -0.1) is 11.6 Å². The molecule has 0 saturated heterocycles. The second-order valence-electron chi connectivity index (χ2n) is 2.77. The molecule has 2 aromatic rings. The summed E-state index contributed by atoms with van der Waals surface area (Å²) in [5, 5.41) is 0. The van der Waals surface area contributed by atoms with Gasteiger partial charge in [-0.25, -0.2) is 4.98 Å². The third kappa shape index (κ3) is 0.994. The summed E-state index contributed by atoms with van der Waals surface area (Å²) in [5.41, 5.74) is 3.21. The molecule has 0 aliphatic rings. The van der Waals surface area contributed by atoms with E-state index in [1.807, 2.05) is 35.9 Å². The Morgan fingerprint density at radius 2 is 2.42 bits per heavy atom. The van der Waals surface area contributed by atoms with Crippen molar-refractivity contribution in [1.82, 2.24) is 9.38 Å². The van der Waals surface area contributed by atoms with Crippen molar-refractivity contribution in [2.45, 2.75) is 12.8 Å². The Bertz CT molecular complexity index is 406. The van der Waals surface area contributed by atoms with E-state index in [4.69, 9.17) is 11.6 Å². The highest BCUT2D eigenvalue weighted by atomic mass is 35.5. The number of rotatable bonds is 1. The smallest absolute Gasteiger partial charge is 0.139 e. The molecular formula is C9H9ClN2. The van der Waals surface area contributed by atoms with Crippen LogP contribution in [0.2, 0.25) is 0 Å². The quantitative estimate of drug-likeness (QED) is 0.616. The van der Waals surface area contributed by atoms with Gasteiger partial charge < -0.3 is 4.40 Å². The SMILES string of the molecule is Cc1cccn2c(CCl)cnc12. The number of pyridine rings is 1. The van der Waals surface area contributed by atoms with Gasteiger partial charge in [0.1, 0.15) is 5.65 Å². The molecule has 0 radical (unpaired) electrons. The van der Waals surface area contributed by atoms with Crippen LogP contribution in [0, 0.1) is 6.92 Å². The number of aromatic nitrogens is 2. The maximum atomic E-state index is 5.74. The van der Waals surface area contributed by atoms with E-state index in [0.29, 0.717) is 5.88 Å². The first-order valence-corrected chi connectivity index (χ1v) is 4.34. The molecule has 0 saturated carbocycles. The van der Waals surface area contributed by atoms with Crippen LogP contribution in [0.3, 0.4) is 0 Å². The van der Waals surface area contributed by atoms with Crippen LogP contribution in [0.4, 0.5) is 0 Å². The summed E-state index contributed by atoms with van der Waals surface area (Å²) >= 11 is 5.74. The van der Waals surface area contributed by atoms with Gasteiger partial charge in [-0.05, 0) is 18.6 Å². The van der Waals surface area contributed by atoms with Crippen LogP contribution in [0.1, 0.15) is 11.3 Å². The molecule has 62 valence electrons. The average Bonchev–Trinajstić information content (AvgIpc) is 2.49. The predicted molar refractivity (Wildman–Crippen MR) is 49.5 cm³/mol. The van der Waals surface area contributed by atoms with E-state index in [1.54, 1.807) is 0 Å². The van der Waals surface area contributed by atoms with Crippen molar-refractivity contribution in [1.29, 1.82) is 0 Å². The molecule has 2 heterocycles. The minimum Gasteiger partial charge on any atom is -0.303 e. The number of nitrogens with zero attached hydrogens (tertiary/aromatic N) is 2. The van der Waals surface area contributed by atoms with Crippen LogP contribution in [-0.2, 0) is 5.88 Å². The van der Waals surface area contributed by atoms with Crippen molar-refractivity contribution in [3.63, 3.8) is 0 Å². The first-order valence-electron chi connectivity index (χ1n) is 3.80. The maximum Gasteiger partial charge on any atom is 0.139 e. The van der Waals surface area contributed by atoms with Gasteiger partial charge in [0.15, 0.2) is 0 Å². The molecule has 0 unspecified atom stereocenters. The zero-order chi connectivity index (χ0) is 8.55. The zero-order valence-electron chi connectivity index (χ0n) is 6.79. The van der Waals surface area contributed by atoms with Gasteiger partial charge in [0.25, 0.3) is 0 Å². The second-order valence-corrected chi connectivity index (χ2v) is 3.04. The minimum absolute atomic E-state index is 0.505. The van der Waals surface area contributed by atoms with E-state index in [9.17, 15) is 0 Å². The van der Waals surface area contributed by atoms with E-state index < -0.39 is 0 Å². The normalized spacial score (nSPS) is 10.8. The van der Waals surface area contributed by atoms with E-state index in [0.717, 1.165) is 11.3 Å². The highest BCUT2D eigenvalue weighted by Gasteiger charge is 2.02. The Balaban J connectivity index is 2.80. The van der Waals surface area contributed by atoms with Crippen molar-refractivity contribution in [3.05, 3.63) is 35.8 Å². The lowest BCUT2D eigenvalue weighted by Crippen LogP contribution is -1.90. The molecule has 0 aliphatic carbocycles. The molecule has 2 rings (SSSR count). The summed E-state index contributed by atoms with van der Waals surface area (Å²) in [6, 6.07) is 4.04. The molecule has 0 spiro atoms. The molecule has 0 N–H and O–H groups in total. The molecular weight excluding hydrogens is 172 g/mol. The molecule has 2 nitrogen and oxygen atoms in total. The lowest BCUT2D eigenvalue weighted by Gasteiger charge is -1.98. The topological polar surface area (TPSA) is 17.3 Å². The van der Waals surface area contributed by atoms with Crippen LogP contribution >= 0.6 is 11.6 Å². The molecule has 0 aromatic carbocycles. The van der Waals surface area contributed by atoms with Crippen molar-refractivity contribution in [2.75, 3.05) is 0 Å². The molecule has 12 heavy (non-hydrogen) atoms. The molecule has 0 aliphatic heterocycles. The van der Waals surface area contributed by atoms with Gasteiger partial charge >= 0.3 is 0 Å². The monoisotopic (exact) mass is 180 g/mol. The number of imidazole rings is 1. The minimum atomic E-state index is 0.505. The zero-order valence-corrected chi connectivity index (χ0v) is 7.54. The van der Waals surface area contributed by atoms with E-state index in [2.05, 4.69) is 4.98 Å². The lowest BCUT2D eigenvalue weighted by molar-refractivity contribution is 1.08. The second kappa shape index (κ2) is 2.79. The number of hydrogen-bond donors (Lipinski definition) is 0. The van der Waals surface area contributed by atoms with Crippen molar-refractivity contribution in [3.8, 4) is 0 Å². The van der Waals surface area contributed by atoms with Crippen LogP contribution in [0.5, 0.6) is 0 Å². The average molecular weight is 181 g/mol. The summed E-state index contributed by atoms with van der Waals surface area (Å²) in [4.78, 5) is 4.27. The highest BCUT2D eigenvalue weighted by molar-refractivity contribution is 6.16. The fraction of sp³-hybridized carbons (Fsp3) is 0.222. The number of alkyl halides is 1. The Kier molecular flexibility index (Phi) is 1.77. The van der Waals surface area contributed by atoms with Crippen molar-refractivity contribution < 1.29 is 0 Å². The van der Waals surface area contributed by atoms with Crippen molar-refractivity contribution >= 4 is 17.2 Å². The third-order valence-corrected chi connectivity index (χ3v) is 2.22. The van der Waals surface area contributed by atoms with Crippen molar-refractivity contribution in [2.24, 2.45) is 0 Å². The van der Waals surface area contributed by atoms with Gasteiger partial charge in [-0.2, -0.15) is 0 Å². The van der Waals surface area contributed by atoms with Gasteiger partial charge in [0, 0.05) is 6.20 Å². The lowest BCUT2D eigenvalue weighted by atomic mass is 10.3. The van der Waals surface area contributed by atoms with Gasteiger partial charge in [-0.3, -0.25) is 0 Å². The molecule has 0 bridgehead atoms. The van der Waals surface area contributed by atoms with Crippen LogP contribution in [0.25, 0.3) is 5.65 Å². The van der Waals surface area contributed by atoms with Gasteiger partial charge in [-0.1, -0.05) is 6.07 Å². The Morgan fingerprint density at radius 3 is 3.17 bits per heavy atom. The van der Waals surface area contributed by atoms with Gasteiger partial charge in [0.2, 0.25) is 0 Å². The number of aryl methyl sites for hydroxylation is 1. The number of halogens is 1. The maximum absolute atomic E-state index is 5.74. The Hall–Kier alpha value is -1.02. The highest BCUT2D eigenvalue weighted by Crippen LogP contribution is 2.11. The third-order valence-electron chi connectivity index (χ3n) is 1.94. The molecule has 0 atom stereocenters. The largest absolute Gasteiger partial charge is 0.303 e. The molecule has 2 aromatic heterocycles. The molecule has 0 amide bonds. The first kappa shape index (κ1) is 7.62. The summed E-state index contributed by atoms with van der Waals surface area (Å²) in [6.07, 6.45) is 3.79. The van der Waals surface area contributed by atoms with Crippen LogP contribution in [0.15, 0.2) is 24.5 Å². The Morgan fingerprint density at radius 1 is 1.58 bits per heavy atom. The fourth-order valence-corrected chi connectivity index (χ4v) is 1.50. The summed E-state index contributed by atoms with van der Waals surface area (Å²) in [7, 11) is 0. The van der Waals surface area contributed by atoms with Crippen LogP contribution < -0.4 is 0 Å². The van der Waals surface area contributed by atoms with Gasteiger partial charge in [0.05, 0.1) is 17.8 Å². The summed E-state index contributed by atoms with van der Waals surface area (Å²) in [6.45, 7) is 2.04. The van der Waals surface area contributed by atoms with E-state index >= 15 is 0 Å². The number of fused-ring (bicyclic) bond motifs is 1. The molecule has 3 heteroatoms. The van der Waals surface area contributed by atoms with Crippen LogP contribution in [-0.4, -0.2) is 9.38 Å². The summed E-state index contributed by atoms with van der Waals surface area (Å²) < 4.78 is 2.02. The van der Waals surface area contributed by atoms with E-state index in [1.165, 1.54) is 5.56 Å². The summed E-state index contributed by atoms with van der Waals surface area (Å²) in [5.74, 6) is 0.505. The number of hydrogen-bond acceptors (Lipinski definition) is 1. The predicted octanol–water partition coefficient (Wildman–Crippen LogP) is 2.38. The first-order chi connectivity index (χ1) is 5.83. The molecule has 0 fully saturated rings. The Labute approximate surface area is 75.8 Å². The fourth-order valence-electron chi connectivity index (χ4n) is 1.30. The standard InChI is InChI=1S/C9H9ClN2/c1-7-3-2-4-12-8(5-10)6-11-9(7)12/h2-4,6H,5H2,1H3.